The van der Waals surface area contributed by atoms with Gasteiger partial charge in [0.05, 0.1) is 11.4 Å². The lowest BCUT2D eigenvalue weighted by Gasteiger charge is -2.06. The number of anilines is 1. The molecule has 0 saturated heterocycles. The maximum Gasteiger partial charge on any atom is 0.276 e. The second-order valence-electron chi connectivity index (χ2n) is 5.06. The van der Waals surface area contributed by atoms with E-state index in [-0.39, 0.29) is 17.4 Å². The van der Waals surface area contributed by atoms with Crippen molar-refractivity contribution in [3.63, 3.8) is 0 Å². The molecule has 2 aromatic carbocycles. The zero-order valence-electron chi connectivity index (χ0n) is 12.3. The second kappa shape index (κ2) is 6.34. The first-order valence-corrected chi connectivity index (χ1v) is 7.71. The fraction of sp³-hybridized carbons (Fsp3) is 0.0588. The predicted octanol–water partition coefficient (Wildman–Crippen LogP) is 4.33. The number of nitrogens with one attached hydrogen (secondary N) is 1. The summed E-state index contributed by atoms with van der Waals surface area (Å²) in [6.07, 6.45) is 1.66. The largest absolute Gasteiger partial charge is 0.320 e. The number of carbonyl (C=O) groups is 1. The van der Waals surface area contributed by atoms with Gasteiger partial charge >= 0.3 is 0 Å². The Morgan fingerprint density at radius 3 is 2.61 bits per heavy atom. The van der Waals surface area contributed by atoms with Gasteiger partial charge in [-0.2, -0.15) is 5.10 Å². The van der Waals surface area contributed by atoms with Gasteiger partial charge < -0.3 is 5.32 Å². The summed E-state index contributed by atoms with van der Waals surface area (Å²) < 4.78 is 15.3. The predicted molar refractivity (Wildman–Crippen MR) is 90.4 cm³/mol. The smallest absolute Gasteiger partial charge is 0.276 e. The van der Waals surface area contributed by atoms with E-state index in [1.807, 2.05) is 25.1 Å². The zero-order chi connectivity index (χ0) is 16.4. The Morgan fingerprint density at radius 2 is 1.91 bits per heavy atom. The number of amides is 1. The molecule has 1 N–H and O–H groups in total. The molecule has 0 aliphatic carbocycles. The Hall–Kier alpha value is -2.47. The van der Waals surface area contributed by atoms with E-state index in [2.05, 4.69) is 26.3 Å². The molecule has 0 aliphatic heterocycles. The highest BCUT2D eigenvalue weighted by atomic mass is 79.9. The molecule has 0 radical (unpaired) electrons. The molecule has 0 bridgehead atoms. The van der Waals surface area contributed by atoms with Crippen LogP contribution < -0.4 is 5.32 Å². The molecule has 0 saturated carbocycles. The van der Waals surface area contributed by atoms with E-state index in [1.54, 1.807) is 24.4 Å². The molecule has 116 valence electrons. The summed E-state index contributed by atoms with van der Waals surface area (Å²) >= 11 is 3.42. The first-order valence-electron chi connectivity index (χ1n) is 6.92. The van der Waals surface area contributed by atoms with Crippen molar-refractivity contribution in [2.45, 2.75) is 6.92 Å². The summed E-state index contributed by atoms with van der Waals surface area (Å²) in [7, 11) is 0. The third kappa shape index (κ3) is 3.48. The van der Waals surface area contributed by atoms with Crippen molar-refractivity contribution in [1.82, 2.24) is 9.78 Å². The van der Waals surface area contributed by atoms with Gasteiger partial charge in [-0.1, -0.05) is 6.07 Å². The third-order valence-electron chi connectivity index (χ3n) is 3.29. The normalized spacial score (nSPS) is 10.6. The number of rotatable bonds is 3. The first kappa shape index (κ1) is 15.4. The van der Waals surface area contributed by atoms with E-state index >= 15 is 0 Å². The monoisotopic (exact) mass is 373 g/mol. The Kier molecular flexibility index (Phi) is 4.25. The molecule has 1 amide bonds. The number of hydrogen-bond donors (Lipinski definition) is 1. The molecule has 23 heavy (non-hydrogen) atoms. The van der Waals surface area contributed by atoms with Crippen LogP contribution in [-0.4, -0.2) is 15.7 Å². The summed E-state index contributed by atoms with van der Waals surface area (Å²) in [4.78, 5) is 12.3. The number of aromatic nitrogens is 2. The lowest BCUT2D eigenvalue weighted by atomic mass is 10.2. The molecule has 0 aliphatic rings. The minimum atomic E-state index is -0.317. The summed E-state index contributed by atoms with van der Waals surface area (Å²) in [5.74, 6) is -0.626. The number of nitrogens with zero attached hydrogens (tertiary/aromatic N) is 2. The van der Waals surface area contributed by atoms with Gasteiger partial charge in [0.25, 0.3) is 5.91 Å². The Balaban J connectivity index is 1.79. The molecule has 4 nitrogen and oxygen atoms in total. The van der Waals surface area contributed by atoms with Crippen molar-refractivity contribution in [3.05, 3.63) is 76.3 Å². The molecule has 1 heterocycles. The van der Waals surface area contributed by atoms with Crippen molar-refractivity contribution in [1.29, 1.82) is 0 Å². The average Bonchev–Trinajstić information content (AvgIpc) is 3.01. The number of hydrogen-bond acceptors (Lipinski definition) is 2. The number of aryl methyl sites for hydroxylation is 1. The van der Waals surface area contributed by atoms with E-state index < -0.39 is 0 Å². The van der Waals surface area contributed by atoms with Crippen LogP contribution in [0.1, 0.15) is 16.1 Å². The van der Waals surface area contributed by atoms with Gasteiger partial charge in [-0.3, -0.25) is 4.79 Å². The van der Waals surface area contributed by atoms with Gasteiger partial charge in [-0.05, 0) is 70.9 Å². The van der Waals surface area contributed by atoms with Crippen molar-refractivity contribution >= 4 is 27.5 Å². The molecule has 0 spiro atoms. The number of carbonyl (C=O) groups excluding carboxylic acids is 1. The highest BCUT2D eigenvalue weighted by Crippen LogP contribution is 2.23. The fourth-order valence-corrected chi connectivity index (χ4v) is 2.68. The SMILES string of the molecule is Cc1ccc(NC(=O)c2ccn(-c3ccc(F)cc3)n2)c(Br)c1. The van der Waals surface area contributed by atoms with Gasteiger partial charge in [0.1, 0.15) is 5.82 Å². The summed E-state index contributed by atoms with van der Waals surface area (Å²) in [6, 6.07) is 13.2. The van der Waals surface area contributed by atoms with Crippen LogP contribution in [0.2, 0.25) is 0 Å². The highest BCUT2D eigenvalue weighted by molar-refractivity contribution is 9.10. The van der Waals surface area contributed by atoms with Crippen molar-refractivity contribution in [2.24, 2.45) is 0 Å². The van der Waals surface area contributed by atoms with Gasteiger partial charge in [0, 0.05) is 10.7 Å². The van der Waals surface area contributed by atoms with Crippen LogP contribution in [0, 0.1) is 12.7 Å². The van der Waals surface area contributed by atoms with Crippen LogP contribution in [0.25, 0.3) is 5.69 Å². The minimum absolute atomic E-state index is 0.279. The van der Waals surface area contributed by atoms with Crippen LogP contribution in [0.15, 0.2) is 59.2 Å². The van der Waals surface area contributed by atoms with Crippen LogP contribution in [0.4, 0.5) is 10.1 Å². The van der Waals surface area contributed by atoms with Crippen LogP contribution >= 0.6 is 15.9 Å². The van der Waals surface area contributed by atoms with E-state index in [4.69, 9.17) is 0 Å². The number of halogens is 2. The second-order valence-corrected chi connectivity index (χ2v) is 5.91. The molecular formula is C17H13BrFN3O. The average molecular weight is 374 g/mol. The molecule has 0 fully saturated rings. The maximum atomic E-state index is 12.9. The van der Waals surface area contributed by atoms with E-state index in [0.717, 1.165) is 10.0 Å². The fourth-order valence-electron chi connectivity index (χ4n) is 2.09. The van der Waals surface area contributed by atoms with Crippen molar-refractivity contribution in [2.75, 3.05) is 5.32 Å². The van der Waals surface area contributed by atoms with Crippen molar-refractivity contribution < 1.29 is 9.18 Å². The Bertz CT molecular complexity index is 859. The summed E-state index contributed by atoms with van der Waals surface area (Å²) in [5.41, 5.74) is 2.73. The number of benzene rings is 2. The molecular weight excluding hydrogens is 361 g/mol. The molecule has 3 aromatic rings. The van der Waals surface area contributed by atoms with Gasteiger partial charge in [0.2, 0.25) is 0 Å². The van der Waals surface area contributed by atoms with E-state index in [0.29, 0.717) is 11.4 Å². The zero-order valence-corrected chi connectivity index (χ0v) is 13.8. The maximum absolute atomic E-state index is 12.9. The third-order valence-corrected chi connectivity index (χ3v) is 3.94. The van der Waals surface area contributed by atoms with Crippen LogP contribution in [0.5, 0.6) is 0 Å². The summed E-state index contributed by atoms with van der Waals surface area (Å²) in [6.45, 7) is 1.97. The summed E-state index contributed by atoms with van der Waals surface area (Å²) in [5, 5.41) is 7.03. The van der Waals surface area contributed by atoms with Gasteiger partial charge in [-0.25, -0.2) is 9.07 Å². The topological polar surface area (TPSA) is 46.9 Å². The molecule has 6 heteroatoms. The van der Waals surface area contributed by atoms with Gasteiger partial charge in [0.15, 0.2) is 5.69 Å². The molecule has 3 rings (SSSR count). The Morgan fingerprint density at radius 1 is 1.17 bits per heavy atom. The minimum Gasteiger partial charge on any atom is -0.320 e. The van der Waals surface area contributed by atoms with E-state index in [9.17, 15) is 9.18 Å². The lowest BCUT2D eigenvalue weighted by molar-refractivity contribution is 0.102. The lowest BCUT2D eigenvalue weighted by Crippen LogP contribution is -2.13. The van der Waals surface area contributed by atoms with E-state index in [1.165, 1.54) is 16.8 Å². The van der Waals surface area contributed by atoms with Gasteiger partial charge in [-0.15, -0.1) is 0 Å². The van der Waals surface area contributed by atoms with Crippen LogP contribution in [-0.2, 0) is 0 Å². The standard InChI is InChI=1S/C17H13BrFN3O/c1-11-2-7-15(14(18)10-11)20-17(23)16-8-9-22(21-16)13-5-3-12(19)4-6-13/h2-10H,1H3,(H,20,23). The Labute approximate surface area is 141 Å². The van der Waals surface area contributed by atoms with Crippen molar-refractivity contribution in [3.8, 4) is 5.69 Å². The molecule has 0 unspecified atom stereocenters. The molecule has 0 atom stereocenters. The first-order chi connectivity index (χ1) is 11.0. The highest BCUT2D eigenvalue weighted by Gasteiger charge is 2.12. The van der Waals surface area contributed by atoms with Crippen LogP contribution in [0.3, 0.4) is 0 Å². The quantitative estimate of drug-likeness (QED) is 0.742. The molecule has 1 aromatic heterocycles.